The Labute approximate surface area is 160 Å². The fourth-order valence-corrected chi connectivity index (χ4v) is 3.68. The molecule has 1 aliphatic rings. The molecule has 6 heteroatoms. The number of aliphatic hydroxyl groups excluding tert-OH is 1. The van der Waals surface area contributed by atoms with Crippen LogP contribution < -0.4 is 10.6 Å². The van der Waals surface area contributed by atoms with Crippen molar-refractivity contribution in [1.29, 1.82) is 0 Å². The number of carbonyl (C=O) groups excluding carboxylic acids is 1. The number of hydrogen-bond acceptors (Lipinski definition) is 5. The highest BCUT2D eigenvalue weighted by Gasteiger charge is 2.16. The number of fused-ring (bicyclic) bond motifs is 1. The lowest BCUT2D eigenvalue weighted by Gasteiger charge is -2.22. The van der Waals surface area contributed by atoms with Crippen LogP contribution in [0.2, 0.25) is 0 Å². The minimum absolute atomic E-state index is 0.0604. The summed E-state index contributed by atoms with van der Waals surface area (Å²) in [7, 11) is 0. The van der Waals surface area contributed by atoms with Gasteiger partial charge in [0, 0.05) is 23.2 Å². The predicted molar refractivity (Wildman–Crippen MR) is 108 cm³/mol. The summed E-state index contributed by atoms with van der Waals surface area (Å²) in [6.45, 7) is 4.08. The lowest BCUT2D eigenvalue weighted by molar-refractivity contribution is 0.0908. The van der Waals surface area contributed by atoms with E-state index in [-0.39, 0.29) is 18.6 Å². The van der Waals surface area contributed by atoms with Gasteiger partial charge in [-0.1, -0.05) is 39.2 Å². The maximum Gasteiger partial charge on any atom is 0.251 e. The molecule has 2 aromatic rings. The first-order valence-electron chi connectivity index (χ1n) is 10.00. The Balaban J connectivity index is 1.73. The third kappa shape index (κ3) is 5.39. The third-order valence-corrected chi connectivity index (χ3v) is 5.09. The van der Waals surface area contributed by atoms with Gasteiger partial charge in [-0.05, 0) is 37.3 Å². The van der Waals surface area contributed by atoms with Crippen molar-refractivity contribution in [2.75, 3.05) is 11.9 Å². The van der Waals surface area contributed by atoms with Crippen LogP contribution >= 0.6 is 0 Å². The van der Waals surface area contributed by atoms with Gasteiger partial charge < -0.3 is 15.7 Å². The van der Waals surface area contributed by atoms with E-state index in [1.165, 1.54) is 19.3 Å². The predicted octanol–water partition coefficient (Wildman–Crippen LogP) is 3.51. The van der Waals surface area contributed by atoms with Gasteiger partial charge in [-0.3, -0.25) is 4.79 Å². The number of carbonyl (C=O) groups is 1. The first kappa shape index (κ1) is 19.5. The lowest BCUT2D eigenvalue weighted by Crippen LogP contribution is -2.38. The van der Waals surface area contributed by atoms with Crippen LogP contribution in [0.3, 0.4) is 0 Å². The minimum atomic E-state index is -0.234. The fourth-order valence-electron chi connectivity index (χ4n) is 3.68. The van der Waals surface area contributed by atoms with E-state index in [0.29, 0.717) is 23.5 Å². The van der Waals surface area contributed by atoms with Crippen LogP contribution in [0, 0.1) is 5.92 Å². The Bertz CT molecular complexity index is 772. The molecule has 27 heavy (non-hydrogen) atoms. The molecule has 146 valence electrons. The maximum absolute atomic E-state index is 12.6. The molecule has 1 aliphatic carbocycles. The van der Waals surface area contributed by atoms with E-state index in [9.17, 15) is 9.90 Å². The largest absolute Gasteiger partial charge is 0.394 e. The molecule has 1 atom stereocenters. The summed E-state index contributed by atoms with van der Waals surface area (Å²) in [6, 6.07) is 5.64. The van der Waals surface area contributed by atoms with Gasteiger partial charge in [0.25, 0.3) is 5.91 Å². The molecule has 1 fully saturated rings. The molecule has 0 radical (unpaired) electrons. The van der Waals surface area contributed by atoms with E-state index in [1.54, 1.807) is 18.3 Å². The SMILES string of the molecule is CC(C)C[C@@H](CO)NC(=O)c1ccc2cnc(NC3CCCCC3)nc2c1. The molecule has 0 unspecified atom stereocenters. The standard InChI is InChI=1S/C21H30N4O2/c1-14(2)10-18(13-26)23-20(27)15-8-9-16-12-22-21(25-19(16)11-15)24-17-6-4-3-5-7-17/h8-9,11-12,14,17-18,26H,3-7,10,13H2,1-2H3,(H,23,27)(H,22,24,25)/t18-/m0/s1. The molecular weight excluding hydrogens is 340 g/mol. The Hall–Kier alpha value is -2.21. The van der Waals surface area contributed by atoms with Crippen molar-refractivity contribution in [3.63, 3.8) is 0 Å². The molecule has 1 aromatic carbocycles. The van der Waals surface area contributed by atoms with Crippen molar-refractivity contribution in [3.05, 3.63) is 30.0 Å². The number of amides is 1. The van der Waals surface area contributed by atoms with E-state index in [0.717, 1.165) is 30.2 Å². The number of anilines is 1. The second kappa shape index (κ2) is 9.13. The smallest absolute Gasteiger partial charge is 0.251 e. The van der Waals surface area contributed by atoms with Crippen LogP contribution in [-0.2, 0) is 0 Å². The van der Waals surface area contributed by atoms with Crippen molar-refractivity contribution >= 4 is 22.8 Å². The summed E-state index contributed by atoms with van der Waals surface area (Å²) in [5.41, 5.74) is 1.30. The van der Waals surface area contributed by atoms with Gasteiger partial charge in [-0.25, -0.2) is 9.97 Å². The minimum Gasteiger partial charge on any atom is -0.394 e. The average Bonchev–Trinajstić information content (AvgIpc) is 2.67. The zero-order chi connectivity index (χ0) is 19.2. The third-order valence-electron chi connectivity index (χ3n) is 5.09. The van der Waals surface area contributed by atoms with Crippen LogP contribution in [-0.4, -0.2) is 39.7 Å². The summed E-state index contributed by atoms with van der Waals surface area (Å²) >= 11 is 0. The number of aliphatic hydroxyl groups is 1. The van der Waals surface area contributed by atoms with E-state index in [2.05, 4.69) is 34.4 Å². The monoisotopic (exact) mass is 370 g/mol. The van der Waals surface area contributed by atoms with E-state index >= 15 is 0 Å². The van der Waals surface area contributed by atoms with Gasteiger partial charge in [-0.2, -0.15) is 0 Å². The first-order chi connectivity index (χ1) is 13.0. The molecule has 1 aromatic heterocycles. The molecule has 0 bridgehead atoms. The fraction of sp³-hybridized carbons (Fsp3) is 0.571. The number of hydrogen-bond donors (Lipinski definition) is 3. The van der Waals surface area contributed by atoms with Crippen molar-refractivity contribution < 1.29 is 9.90 Å². The second-order valence-corrected chi connectivity index (χ2v) is 7.93. The average molecular weight is 370 g/mol. The number of nitrogens with one attached hydrogen (secondary N) is 2. The van der Waals surface area contributed by atoms with E-state index in [1.807, 2.05) is 6.07 Å². The van der Waals surface area contributed by atoms with Gasteiger partial charge in [0.15, 0.2) is 0 Å². The highest BCUT2D eigenvalue weighted by Crippen LogP contribution is 2.21. The first-order valence-corrected chi connectivity index (χ1v) is 10.00. The summed E-state index contributed by atoms with van der Waals surface area (Å²) in [4.78, 5) is 21.6. The summed E-state index contributed by atoms with van der Waals surface area (Å²) in [5.74, 6) is 0.845. The molecule has 1 saturated carbocycles. The number of nitrogens with zero attached hydrogens (tertiary/aromatic N) is 2. The second-order valence-electron chi connectivity index (χ2n) is 7.93. The molecule has 0 saturated heterocycles. The molecule has 1 heterocycles. The lowest BCUT2D eigenvalue weighted by atomic mass is 9.96. The quantitative estimate of drug-likeness (QED) is 0.694. The molecule has 3 rings (SSSR count). The number of benzene rings is 1. The van der Waals surface area contributed by atoms with Crippen LogP contribution in [0.15, 0.2) is 24.4 Å². The van der Waals surface area contributed by atoms with Crippen molar-refractivity contribution in [2.24, 2.45) is 5.92 Å². The van der Waals surface area contributed by atoms with Gasteiger partial charge in [-0.15, -0.1) is 0 Å². The van der Waals surface area contributed by atoms with Gasteiger partial charge in [0.1, 0.15) is 0 Å². The normalized spacial score (nSPS) is 16.4. The van der Waals surface area contributed by atoms with Gasteiger partial charge in [0.2, 0.25) is 5.95 Å². The Kier molecular flexibility index (Phi) is 6.61. The molecule has 0 spiro atoms. The molecule has 6 nitrogen and oxygen atoms in total. The highest BCUT2D eigenvalue weighted by atomic mass is 16.3. The van der Waals surface area contributed by atoms with E-state index in [4.69, 9.17) is 0 Å². The number of aromatic nitrogens is 2. The summed E-state index contributed by atoms with van der Waals surface area (Å²) in [5, 5.41) is 16.7. The zero-order valence-electron chi connectivity index (χ0n) is 16.2. The molecule has 3 N–H and O–H groups in total. The molecular formula is C21H30N4O2. The Morgan fingerprint density at radius 1 is 1.26 bits per heavy atom. The van der Waals surface area contributed by atoms with Crippen LogP contribution in [0.5, 0.6) is 0 Å². The van der Waals surface area contributed by atoms with Crippen molar-refractivity contribution in [1.82, 2.24) is 15.3 Å². The topological polar surface area (TPSA) is 87.1 Å². The zero-order valence-corrected chi connectivity index (χ0v) is 16.2. The van der Waals surface area contributed by atoms with Crippen LogP contribution in [0.1, 0.15) is 62.7 Å². The summed E-state index contributed by atoms with van der Waals surface area (Å²) < 4.78 is 0. The van der Waals surface area contributed by atoms with Crippen LogP contribution in [0.4, 0.5) is 5.95 Å². The Morgan fingerprint density at radius 3 is 2.74 bits per heavy atom. The van der Waals surface area contributed by atoms with Crippen molar-refractivity contribution in [3.8, 4) is 0 Å². The van der Waals surface area contributed by atoms with E-state index < -0.39 is 0 Å². The van der Waals surface area contributed by atoms with Crippen molar-refractivity contribution in [2.45, 2.75) is 64.5 Å². The molecule has 1 amide bonds. The van der Waals surface area contributed by atoms with Gasteiger partial charge >= 0.3 is 0 Å². The highest BCUT2D eigenvalue weighted by molar-refractivity contribution is 5.97. The Morgan fingerprint density at radius 2 is 2.04 bits per heavy atom. The number of rotatable bonds is 7. The molecule has 0 aliphatic heterocycles. The summed E-state index contributed by atoms with van der Waals surface area (Å²) in [6.07, 6.45) is 8.65. The van der Waals surface area contributed by atoms with Crippen LogP contribution in [0.25, 0.3) is 10.9 Å². The maximum atomic E-state index is 12.6. The van der Waals surface area contributed by atoms with Gasteiger partial charge in [0.05, 0.1) is 18.2 Å².